The zero-order valence-electron chi connectivity index (χ0n) is 17.6. The Hall–Kier alpha value is -3.94. The van der Waals surface area contributed by atoms with Gasteiger partial charge in [-0.2, -0.15) is 0 Å². The molecule has 31 heavy (non-hydrogen) atoms. The summed E-state index contributed by atoms with van der Waals surface area (Å²) in [7, 11) is 3.46. The van der Waals surface area contributed by atoms with Gasteiger partial charge in [0.05, 0.1) is 18.0 Å². The van der Waals surface area contributed by atoms with E-state index < -0.39 is 6.04 Å². The van der Waals surface area contributed by atoms with Crippen molar-refractivity contribution in [3.63, 3.8) is 0 Å². The minimum absolute atomic E-state index is 0.145. The summed E-state index contributed by atoms with van der Waals surface area (Å²) in [5, 5.41) is 3.49. The number of ether oxygens (including phenoxy) is 1. The van der Waals surface area contributed by atoms with Gasteiger partial charge in [0.1, 0.15) is 30.0 Å². The zero-order valence-corrected chi connectivity index (χ0v) is 17.6. The molecule has 0 saturated heterocycles. The number of hydrogen-bond donors (Lipinski definition) is 1. The number of nitrogens with zero attached hydrogens (tertiary/aromatic N) is 4. The van der Waals surface area contributed by atoms with Gasteiger partial charge in [0, 0.05) is 19.4 Å². The van der Waals surface area contributed by atoms with Gasteiger partial charge >= 0.3 is 0 Å². The molecular weight excluding hydrogens is 394 g/mol. The second-order valence-electron chi connectivity index (χ2n) is 7.24. The summed E-state index contributed by atoms with van der Waals surface area (Å²) in [5.41, 5.74) is 1.19. The van der Waals surface area contributed by atoms with E-state index in [0.717, 1.165) is 5.56 Å². The molecule has 0 aliphatic rings. The van der Waals surface area contributed by atoms with Crippen molar-refractivity contribution < 1.29 is 9.53 Å². The van der Waals surface area contributed by atoms with Crippen molar-refractivity contribution in [3.05, 3.63) is 88.5 Å². The van der Waals surface area contributed by atoms with E-state index in [1.807, 2.05) is 48.1 Å². The number of carbonyl (C=O) groups excluding carboxylic acids is 1. The lowest BCUT2D eigenvalue weighted by atomic mass is 10.1. The van der Waals surface area contributed by atoms with Crippen LogP contribution in [0.5, 0.6) is 5.75 Å². The molecule has 1 unspecified atom stereocenters. The topological polar surface area (TPSA) is 91.0 Å². The van der Waals surface area contributed by atoms with Crippen LogP contribution >= 0.6 is 0 Å². The molecule has 0 aliphatic carbocycles. The molecule has 0 aliphatic heterocycles. The normalized spacial score (nSPS) is 12.0. The van der Waals surface area contributed by atoms with Crippen molar-refractivity contribution in [1.82, 2.24) is 24.4 Å². The van der Waals surface area contributed by atoms with Gasteiger partial charge in [0.2, 0.25) is 5.91 Å². The Kier molecular flexibility index (Phi) is 5.53. The molecule has 4 aromatic rings. The van der Waals surface area contributed by atoms with Crippen molar-refractivity contribution in [2.24, 2.45) is 7.05 Å². The maximum Gasteiger partial charge on any atom is 0.261 e. The van der Waals surface area contributed by atoms with Crippen LogP contribution in [-0.4, -0.2) is 32.1 Å². The maximum atomic E-state index is 13.0. The van der Waals surface area contributed by atoms with E-state index in [2.05, 4.69) is 15.3 Å². The SMILES string of the molecule is COc1cccc(C(NC(=O)Cn2c(C)nc3ccccc3c2=O)c2nccn2C)c1. The summed E-state index contributed by atoms with van der Waals surface area (Å²) in [6, 6.07) is 14.1. The van der Waals surface area contributed by atoms with Crippen molar-refractivity contribution in [2.45, 2.75) is 19.5 Å². The lowest BCUT2D eigenvalue weighted by Gasteiger charge is -2.20. The third-order valence-corrected chi connectivity index (χ3v) is 5.20. The lowest BCUT2D eigenvalue weighted by molar-refractivity contribution is -0.122. The Morgan fingerprint density at radius 1 is 1.19 bits per heavy atom. The Morgan fingerprint density at radius 2 is 2.00 bits per heavy atom. The molecule has 2 aromatic carbocycles. The van der Waals surface area contributed by atoms with Gasteiger partial charge in [-0.25, -0.2) is 9.97 Å². The fourth-order valence-electron chi connectivity index (χ4n) is 3.59. The van der Waals surface area contributed by atoms with Gasteiger partial charge in [-0.3, -0.25) is 14.2 Å². The van der Waals surface area contributed by atoms with Crippen LogP contribution in [-0.2, 0) is 18.4 Å². The highest BCUT2D eigenvalue weighted by Gasteiger charge is 2.22. The first-order chi connectivity index (χ1) is 15.0. The van der Waals surface area contributed by atoms with Crippen LogP contribution < -0.4 is 15.6 Å². The first kappa shape index (κ1) is 20.3. The van der Waals surface area contributed by atoms with E-state index in [0.29, 0.717) is 28.3 Å². The summed E-state index contributed by atoms with van der Waals surface area (Å²) in [6.07, 6.45) is 3.49. The minimum Gasteiger partial charge on any atom is -0.497 e. The summed E-state index contributed by atoms with van der Waals surface area (Å²) in [4.78, 5) is 34.8. The zero-order chi connectivity index (χ0) is 22.0. The number of aryl methyl sites for hydroxylation is 2. The standard InChI is InChI=1S/C23H23N5O3/c1-15-25-19-10-5-4-9-18(19)23(30)28(15)14-20(29)26-21(22-24-11-12-27(22)2)16-7-6-8-17(13-16)31-3/h4-13,21H,14H2,1-3H3,(H,26,29). The van der Waals surface area contributed by atoms with Gasteiger partial charge in [-0.05, 0) is 36.8 Å². The molecule has 1 amide bonds. The number of para-hydroxylation sites is 1. The molecule has 0 spiro atoms. The molecular formula is C23H23N5O3. The number of nitrogens with one attached hydrogen (secondary N) is 1. The van der Waals surface area contributed by atoms with Crippen LogP contribution in [0.25, 0.3) is 10.9 Å². The number of carbonyl (C=O) groups is 1. The second kappa shape index (κ2) is 8.43. The van der Waals surface area contributed by atoms with Crippen LogP contribution in [0.15, 0.2) is 65.7 Å². The Balaban J connectivity index is 1.67. The molecule has 2 aromatic heterocycles. The van der Waals surface area contributed by atoms with E-state index in [1.165, 1.54) is 4.57 Å². The number of imidazole rings is 1. The van der Waals surface area contributed by atoms with Crippen molar-refractivity contribution >= 4 is 16.8 Å². The number of aromatic nitrogens is 4. The summed E-state index contributed by atoms with van der Waals surface area (Å²) >= 11 is 0. The molecule has 0 radical (unpaired) electrons. The number of methoxy groups -OCH3 is 1. The van der Waals surface area contributed by atoms with Crippen molar-refractivity contribution in [3.8, 4) is 5.75 Å². The molecule has 4 rings (SSSR count). The highest BCUT2D eigenvalue weighted by atomic mass is 16.5. The molecule has 8 nitrogen and oxygen atoms in total. The van der Waals surface area contributed by atoms with E-state index in [9.17, 15) is 9.59 Å². The summed E-state index contributed by atoms with van der Waals surface area (Å²) in [6.45, 7) is 1.58. The Labute approximate surface area is 179 Å². The molecule has 0 bridgehead atoms. The van der Waals surface area contributed by atoms with Crippen molar-refractivity contribution in [1.29, 1.82) is 0 Å². The van der Waals surface area contributed by atoms with Crippen LogP contribution in [0.4, 0.5) is 0 Å². The first-order valence-corrected chi connectivity index (χ1v) is 9.84. The van der Waals surface area contributed by atoms with Crippen LogP contribution in [0.2, 0.25) is 0 Å². The highest BCUT2D eigenvalue weighted by Crippen LogP contribution is 2.24. The smallest absolute Gasteiger partial charge is 0.261 e. The van der Waals surface area contributed by atoms with E-state index in [1.54, 1.807) is 38.4 Å². The van der Waals surface area contributed by atoms with Gasteiger partial charge in [0.25, 0.3) is 5.56 Å². The van der Waals surface area contributed by atoms with Gasteiger partial charge < -0.3 is 14.6 Å². The maximum absolute atomic E-state index is 13.0. The van der Waals surface area contributed by atoms with Crippen molar-refractivity contribution in [2.75, 3.05) is 7.11 Å². The third kappa shape index (κ3) is 4.05. The molecule has 8 heteroatoms. The van der Waals surface area contributed by atoms with Gasteiger partial charge in [-0.15, -0.1) is 0 Å². The quantitative estimate of drug-likeness (QED) is 0.520. The molecule has 1 N–H and O–H groups in total. The molecule has 0 fully saturated rings. The number of amides is 1. The Morgan fingerprint density at radius 3 is 2.74 bits per heavy atom. The fourth-order valence-corrected chi connectivity index (χ4v) is 3.59. The molecule has 2 heterocycles. The van der Waals surface area contributed by atoms with Crippen LogP contribution in [0.3, 0.4) is 0 Å². The second-order valence-corrected chi connectivity index (χ2v) is 7.24. The number of hydrogen-bond acceptors (Lipinski definition) is 5. The average Bonchev–Trinajstić information content (AvgIpc) is 3.20. The average molecular weight is 417 g/mol. The largest absolute Gasteiger partial charge is 0.497 e. The number of benzene rings is 2. The molecule has 0 saturated carbocycles. The van der Waals surface area contributed by atoms with E-state index >= 15 is 0 Å². The lowest BCUT2D eigenvalue weighted by Crippen LogP contribution is -2.37. The first-order valence-electron chi connectivity index (χ1n) is 9.84. The van der Waals surface area contributed by atoms with Crippen LogP contribution in [0, 0.1) is 6.92 Å². The third-order valence-electron chi connectivity index (χ3n) is 5.20. The predicted octanol–water partition coefficient (Wildman–Crippen LogP) is 2.35. The summed E-state index contributed by atoms with van der Waals surface area (Å²) in [5.74, 6) is 1.51. The highest BCUT2D eigenvalue weighted by molar-refractivity contribution is 5.79. The van der Waals surface area contributed by atoms with E-state index in [4.69, 9.17) is 4.74 Å². The number of fused-ring (bicyclic) bond motifs is 1. The fraction of sp³-hybridized carbons (Fsp3) is 0.217. The van der Waals surface area contributed by atoms with Gasteiger partial charge in [-0.1, -0.05) is 24.3 Å². The molecule has 158 valence electrons. The number of rotatable bonds is 6. The van der Waals surface area contributed by atoms with Gasteiger partial charge in [0.15, 0.2) is 0 Å². The molecule has 1 atom stereocenters. The monoisotopic (exact) mass is 417 g/mol. The minimum atomic E-state index is -0.507. The summed E-state index contributed by atoms with van der Waals surface area (Å²) < 4.78 is 8.57. The van der Waals surface area contributed by atoms with Crippen LogP contribution in [0.1, 0.15) is 23.3 Å². The Bertz CT molecular complexity index is 1310. The predicted molar refractivity (Wildman–Crippen MR) is 117 cm³/mol. The van der Waals surface area contributed by atoms with E-state index in [-0.39, 0.29) is 18.0 Å².